The minimum Gasteiger partial charge on any atom is -0.462 e. The first kappa shape index (κ1) is 31.0. The van der Waals surface area contributed by atoms with Crippen LogP contribution in [0, 0.1) is 51.8 Å². The van der Waals surface area contributed by atoms with E-state index in [1.165, 1.54) is 18.4 Å². The third-order valence-electron chi connectivity index (χ3n) is 12.4. The second kappa shape index (κ2) is 12.1. The average Bonchev–Trinajstić information content (AvgIpc) is 3.17. The lowest BCUT2D eigenvalue weighted by molar-refractivity contribution is -0.162. The Morgan fingerprint density at radius 3 is 2.59 bits per heavy atom. The van der Waals surface area contributed by atoms with E-state index in [0.717, 1.165) is 70.6 Å². The van der Waals surface area contributed by atoms with Crippen LogP contribution in [0.3, 0.4) is 0 Å². The van der Waals surface area contributed by atoms with Crippen LogP contribution >= 0.6 is 0 Å². The molecule has 0 aromatic carbocycles. The third kappa shape index (κ3) is 6.02. The van der Waals surface area contributed by atoms with Gasteiger partial charge in [0.1, 0.15) is 6.10 Å². The number of ether oxygens (including phenoxy) is 1. The highest BCUT2D eigenvalue weighted by atomic mass is 19.1. The number of hydrogen-bond donors (Lipinski definition) is 1. The van der Waals surface area contributed by atoms with Gasteiger partial charge in [-0.2, -0.15) is 0 Å². The Labute approximate surface area is 239 Å². The number of aliphatic hydroxyl groups is 1. The van der Waals surface area contributed by atoms with Gasteiger partial charge in [-0.25, -0.2) is 0 Å². The molecule has 0 amide bonds. The topological polar surface area (TPSA) is 46.5 Å². The number of unbranched alkanes of at least 4 members (excludes halogenated alkanes) is 1. The molecule has 0 heterocycles. The monoisotopic (exact) mass is 546 g/mol. The lowest BCUT2D eigenvalue weighted by atomic mass is 9.47. The number of rotatable bonds is 11. The van der Waals surface area contributed by atoms with Gasteiger partial charge in [0.2, 0.25) is 0 Å². The Morgan fingerprint density at radius 1 is 1.15 bits per heavy atom. The van der Waals surface area contributed by atoms with Crippen LogP contribution in [0.1, 0.15) is 132 Å². The van der Waals surface area contributed by atoms with E-state index in [1.54, 1.807) is 0 Å². The van der Waals surface area contributed by atoms with Crippen molar-refractivity contribution in [1.29, 1.82) is 0 Å². The second-order valence-corrected chi connectivity index (χ2v) is 15.6. The molecule has 0 spiro atoms. The lowest BCUT2D eigenvalue weighted by Crippen LogP contribution is -2.51. The molecule has 0 aliphatic heterocycles. The number of esters is 1. The van der Waals surface area contributed by atoms with E-state index in [2.05, 4.69) is 33.8 Å². The summed E-state index contributed by atoms with van der Waals surface area (Å²) in [6.45, 7) is 15.4. The highest BCUT2D eigenvalue weighted by Crippen LogP contribution is 2.67. The van der Waals surface area contributed by atoms with E-state index in [0.29, 0.717) is 29.6 Å². The Hall–Kier alpha value is -0.900. The molecule has 0 bridgehead atoms. The van der Waals surface area contributed by atoms with Crippen molar-refractivity contribution in [3.8, 4) is 0 Å². The number of allylic oxidation sites excluding steroid dienone is 1. The van der Waals surface area contributed by atoms with Gasteiger partial charge in [0.05, 0.1) is 18.2 Å². The Bertz CT molecular complexity index is 881. The van der Waals surface area contributed by atoms with Crippen molar-refractivity contribution in [1.82, 2.24) is 0 Å². The zero-order chi connectivity index (χ0) is 28.6. The summed E-state index contributed by atoms with van der Waals surface area (Å²) in [5, 5.41) is 11.4. The van der Waals surface area contributed by atoms with E-state index in [9.17, 15) is 14.3 Å². The zero-order valence-electron chi connectivity index (χ0n) is 26.2. The smallest absolute Gasteiger partial charge is 0.311 e. The van der Waals surface area contributed by atoms with Crippen LogP contribution in [-0.2, 0) is 9.53 Å². The predicted octanol–water partition coefficient (Wildman–Crippen LogP) is 9.08. The van der Waals surface area contributed by atoms with E-state index < -0.39 is 5.41 Å². The molecule has 224 valence electrons. The van der Waals surface area contributed by atoms with Gasteiger partial charge in [-0.3, -0.25) is 9.18 Å². The first-order valence-electron chi connectivity index (χ1n) is 16.5. The van der Waals surface area contributed by atoms with Crippen LogP contribution in [-0.4, -0.2) is 30.0 Å². The fourth-order valence-electron chi connectivity index (χ4n) is 9.89. The van der Waals surface area contributed by atoms with Gasteiger partial charge in [-0.15, -0.1) is 0 Å². The van der Waals surface area contributed by atoms with Crippen molar-refractivity contribution in [2.75, 3.05) is 6.67 Å². The van der Waals surface area contributed by atoms with E-state index in [-0.39, 0.29) is 41.6 Å². The molecule has 4 heteroatoms. The van der Waals surface area contributed by atoms with Gasteiger partial charge in [-0.05, 0) is 112 Å². The predicted molar refractivity (Wildman–Crippen MR) is 158 cm³/mol. The minimum atomic E-state index is -0.404. The van der Waals surface area contributed by atoms with Gasteiger partial charge < -0.3 is 9.84 Å². The normalized spacial score (nSPS) is 39.7. The molecule has 4 aliphatic carbocycles. The maximum Gasteiger partial charge on any atom is 0.311 e. The number of hydrogen-bond acceptors (Lipinski definition) is 3. The van der Waals surface area contributed by atoms with Gasteiger partial charge in [0, 0.05) is 6.42 Å². The Morgan fingerprint density at radius 2 is 1.90 bits per heavy atom. The number of carbonyl (C=O) groups excluding carboxylic acids is 1. The van der Waals surface area contributed by atoms with Crippen molar-refractivity contribution in [3.05, 3.63) is 11.6 Å². The van der Waals surface area contributed by atoms with Crippen molar-refractivity contribution in [2.45, 2.75) is 144 Å². The summed E-state index contributed by atoms with van der Waals surface area (Å²) in [6.07, 6.45) is 16.0. The van der Waals surface area contributed by atoms with E-state index in [4.69, 9.17) is 4.74 Å². The lowest BCUT2D eigenvalue weighted by Gasteiger charge is -2.58. The molecule has 0 radical (unpaired) electrons. The molecular weight excluding hydrogens is 487 g/mol. The van der Waals surface area contributed by atoms with Crippen molar-refractivity contribution in [3.63, 3.8) is 0 Å². The number of aliphatic hydroxyl groups excluding tert-OH is 1. The number of carbonyl (C=O) groups is 1. The second-order valence-electron chi connectivity index (χ2n) is 15.6. The zero-order valence-corrected chi connectivity index (χ0v) is 26.2. The molecule has 3 saturated carbocycles. The van der Waals surface area contributed by atoms with Gasteiger partial charge in [-0.1, -0.05) is 72.0 Å². The van der Waals surface area contributed by atoms with Crippen LogP contribution < -0.4 is 0 Å². The quantitative estimate of drug-likeness (QED) is 0.208. The first-order valence-corrected chi connectivity index (χ1v) is 16.5. The molecule has 0 aromatic heterocycles. The highest BCUT2D eigenvalue weighted by molar-refractivity contribution is 5.76. The SMILES string of the molecule is CCCCC(C)(C)C(=O)O[C@H]1CC[C@@]2(C)C(=CCC3C2CC[C@]2(C)[C@@H]([C@H](C)CCC[C@@H](C)CF)[C@@H](O)C[C@@H]32)C1. The van der Waals surface area contributed by atoms with Crippen molar-refractivity contribution >= 4 is 5.97 Å². The summed E-state index contributed by atoms with van der Waals surface area (Å²) in [4.78, 5) is 13.0. The summed E-state index contributed by atoms with van der Waals surface area (Å²) < 4.78 is 19.1. The van der Waals surface area contributed by atoms with E-state index >= 15 is 0 Å². The minimum absolute atomic E-state index is 0.0155. The molecule has 0 saturated heterocycles. The molecule has 39 heavy (non-hydrogen) atoms. The molecule has 1 N–H and O–H groups in total. The average molecular weight is 547 g/mol. The maximum absolute atomic E-state index is 13.0. The number of fused-ring (bicyclic) bond motifs is 5. The molecule has 3 fully saturated rings. The molecule has 3 nitrogen and oxygen atoms in total. The summed E-state index contributed by atoms with van der Waals surface area (Å²) in [6, 6.07) is 0. The van der Waals surface area contributed by atoms with Crippen LogP contribution in [0.25, 0.3) is 0 Å². The van der Waals surface area contributed by atoms with E-state index in [1.807, 2.05) is 20.8 Å². The summed E-state index contributed by atoms with van der Waals surface area (Å²) >= 11 is 0. The molecular formula is C35H59FO3. The summed E-state index contributed by atoms with van der Waals surface area (Å²) in [5.74, 6) is 2.85. The number of halogens is 1. The molecule has 0 aromatic rings. The van der Waals surface area contributed by atoms with Crippen LogP contribution in [0.2, 0.25) is 0 Å². The van der Waals surface area contributed by atoms with Crippen LogP contribution in [0.4, 0.5) is 4.39 Å². The molecule has 2 unspecified atom stereocenters. The van der Waals surface area contributed by atoms with Crippen molar-refractivity contribution < 1.29 is 19.0 Å². The fraction of sp³-hybridized carbons (Fsp3) is 0.914. The maximum atomic E-state index is 13.0. The van der Waals surface area contributed by atoms with Crippen molar-refractivity contribution in [2.24, 2.45) is 51.8 Å². The van der Waals surface area contributed by atoms with Crippen LogP contribution in [0.15, 0.2) is 11.6 Å². The highest BCUT2D eigenvalue weighted by Gasteiger charge is 2.61. The van der Waals surface area contributed by atoms with Gasteiger partial charge >= 0.3 is 5.97 Å². The molecule has 4 rings (SSSR count). The fourth-order valence-corrected chi connectivity index (χ4v) is 9.89. The molecule has 4 aliphatic rings. The summed E-state index contributed by atoms with van der Waals surface area (Å²) in [5.41, 5.74) is 1.53. The number of alkyl halides is 1. The Balaban J connectivity index is 1.43. The third-order valence-corrected chi connectivity index (χ3v) is 12.4. The molecule has 10 atom stereocenters. The standard InChI is InChI=1S/C35H59FO3/c1-8-9-17-33(4,5)32(38)39-26-15-18-34(6)25(20-26)13-14-27-28(34)16-19-35(7)29(27)21-30(37)31(35)24(3)12-10-11-23(2)22-36/h13,23-24,26-31,37H,8-12,14-22H2,1-7H3/t23-,24-,26+,27?,28?,29+,30+,31+,34+,35+/m1/s1. The largest absolute Gasteiger partial charge is 0.462 e. The Kier molecular flexibility index (Phi) is 9.67. The van der Waals surface area contributed by atoms with Crippen LogP contribution in [0.5, 0.6) is 0 Å². The van der Waals surface area contributed by atoms with Gasteiger partial charge in [0.15, 0.2) is 0 Å². The first-order chi connectivity index (χ1) is 18.4. The van der Waals surface area contributed by atoms with Gasteiger partial charge in [0.25, 0.3) is 0 Å². The summed E-state index contributed by atoms with van der Waals surface area (Å²) in [7, 11) is 0.